The Morgan fingerprint density at radius 2 is 1.57 bits per heavy atom. The van der Waals surface area contributed by atoms with E-state index in [1.165, 1.54) is 39.8 Å². The molecule has 0 bridgehead atoms. The van der Waals surface area contributed by atoms with Crippen molar-refractivity contribution in [2.24, 2.45) is 11.8 Å². The number of ketones is 1. The van der Waals surface area contributed by atoms with E-state index in [9.17, 15) is 24.0 Å². The molecule has 1 aliphatic rings. The van der Waals surface area contributed by atoms with Gasteiger partial charge in [-0.3, -0.25) is 19.2 Å². The summed E-state index contributed by atoms with van der Waals surface area (Å²) in [6.45, 7) is 8.30. The van der Waals surface area contributed by atoms with Gasteiger partial charge in [-0.25, -0.2) is 4.79 Å². The van der Waals surface area contributed by atoms with Crippen molar-refractivity contribution in [3.63, 3.8) is 0 Å². The molecule has 0 radical (unpaired) electrons. The zero-order valence-electron chi connectivity index (χ0n) is 18.1. The van der Waals surface area contributed by atoms with E-state index < -0.39 is 47.8 Å². The molecule has 0 fully saturated rings. The van der Waals surface area contributed by atoms with Crippen LogP contribution < -0.4 is 0 Å². The third kappa shape index (κ3) is 7.46. The van der Waals surface area contributed by atoms with Crippen molar-refractivity contribution in [1.29, 1.82) is 0 Å². The normalized spacial score (nSPS) is 21.6. The minimum absolute atomic E-state index is 0.0766. The van der Waals surface area contributed by atoms with E-state index in [4.69, 9.17) is 18.9 Å². The van der Waals surface area contributed by atoms with Crippen molar-refractivity contribution < 1.29 is 42.9 Å². The molecule has 0 aliphatic heterocycles. The van der Waals surface area contributed by atoms with Crippen LogP contribution >= 0.6 is 0 Å². The lowest BCUT2D eigenvalue weighted by molar-refractivity contribution is -0.164. The summed E-state index contributed by atoms with van der Waals surface area (Å²) in [7, 11) is 0. The quantitative estimate of drug-likeness (QED) is 0.325. The molecule has 3 atom stereocenters. The van der Waals surface area contributed by atoms with Crippen LogP contribution in [0.5, 0.6) is 0 Å². The third-order valence-electron chi connectivity index (χ3n) is 4.40. The maximum absolute atomic E-state index is 13.0. The lowest BCUT2D eigenvalue weighted by Crippen LogP contribution is -2.49. The molecule has 0 aromatic carbocycles. The molecule has 0 N–H and O–H groups in total. The fraction of sp³-hybridized carbons (Fsp3) is 0.571. The maximum Gasteiger partial charge on any atom is 0.334 e. The van der Waals surface area contributed by atoms with Crippen LogP contribution in [0.3, 0.4) is 0 Å². The average molecular weight is 424 g/mol. The summed E-state index contributed by atoms with van der Waals surface area (Å²) >= 11 is 0. The molecule has 1 rings (SSSR count). The Bertz CT molecular complexity index is 760. The topological polar surface area (TPSA) is 122 Å². The number of esters is 4. The van der Waals surface area contributed by atoms with Crippen LogP contribution in [0.1, 0.15) is 41.5 Å². The highest BCUT2D eigenvalue weighted by molar-refractivity contribution is 6.02. The largest absolute Gasteiger partial charge is 0.462 e. The Kier molecular flexibility index (Phi) is 9.42. The van der Waals surface area contributed by atoms with E-state index in [0.29, 0.717) is 0 Å². The first-order chi connectivity index (χ1) is 13.9. The molecule has 0 amide bonds. The van der Waals surface area contributed by atoms with Gasteiger partial charge in [0.1, 0.15) is 19.3 Å². The second kappa shape index (κ2) is 11.3. The van der Waals surface area contributed by atoms with Crippen molar-refractivity contribution >= 4 is 29.7 Å². The van der Waals surface area contributed by atoms with Gasteiger partial charge in [0.15, 0.2) is 6.10 Å². The minimum Gasteiger partial charge on any atom is -0.462 e. The van der Waals surface area contributed by atoms with Gasteiger partial charge in [0.25, 0.3) is 0 Å². The van der Waals surface area contributed by atoms with Crippen LogP contribution in [0, 0.1) is 11.8 Å². The van der Waals surface area contributed by atoms with E-state index in [2.05, 4.69) is 0 Å². The van der Waals surface area contributed by atoms with Crippen LogP contribution in [-0.2, 0) is 42.9 Å². The molecule has 0 aromatic rings. The predicted molar refractivity (Wildman–Crippen MR) is 104 cm³/mol. The smallest absolute Gasteiger partial charge is 0.334 e. The Morgan fingerprint density at radius 1 is 0.967 bits per heavy atom. The molecule has 0 heterocycles. The summed E-state index contributed by atoms with van der Waals surface area (Å²) in [4.78, 5) is 59.0. The molecule has 0 aromatic heterocycles. The van der Waals surface area contributed by atoms with E-state index >= 15 is 0 Å². The fourth-order valence-electron chi connectivity index (χ4n) is 2.96. The Balaban J connectivity index is 3.17. The summed E-state index contributed by atoms with van der Waals surface area (Å²) in [6, 6.07) is 0. The highest BCUT2D eigenvalue weighted by Crippen LogP contribution is 2.33. The van der Waals surface area contributed by atoms with Crippen LogP contribution in [-0.4, -0.2) is 55.1 Å². The summed E-state index contributed by atoms with van der Waals surface area (Å²) in [6.07, 6.45) is 0.717. The zero-order valence-corrected chi connectivity index (χ0v) is 18.1. The molecule has 9 nitrogen and oxygen atoms in total. The standard InChI is InChI=1S/C21H28O9/c1-11(2)18-17(29-15(6)24)9-16(10-28-14(5)23)19(25)20(18)30-21(26)12(3)7-8-27-13(4)22/h7,9,11,17-18,20H,8,10H2,1-6H3. The van der Waals surface area contributed by atoms with Crippen molar-refractivity contribution in [1.82, 2.24) is 0 Å². The lowest BCUT2D eigenvalue weighted by Gasteiger charge is -2.37. The number of carbonyl (C=O) groups excluding carboxylic acids is 5. The molecular weight excluding hydrogens is 396 g/mol. The Labute approximate surface area is 175 Å². The molecule has 9 heteroatoms. The summed E-state index contributed by atoms with van der Waals surface area (Å²) in [5.41, 5.74) is 0.222. The van der Waals surface area contributed by atoms with Crippen LogP contribution in [0.2, 0.25) is 0 Å². The van der Waals surface area contributed by atoms with E-state index in [1.54, 1.807) is 0 Å². The van der Waals surface area contributed by atoms with Crippen LogP contribution in [0.4, 0.5) is 0 Å². The highest BCUT2D eigenvalue weighted by Gasteiger charge is 2.45. The van der Waals surface area contributed by atoms with Gasteiger partial charge in [-0.15, -0.1) is 0 Å². The van der Waals surface area contributed by atoms with Crippen molar-refractivity contribution in [3.05, 3.63) is 23.3 Å². The first kappa shape index (κ1) is 25.1. The molecule has 0 saturated heterocycles. The number of Topliss-reactive ketones (excluding diaryl/α,β-unsaturated/α-hetero) is 1. The molecular formula is C21H28O9. The molecule has 0 saturated carbocycles. The molecule has 3 unspecified atom stereocenters. The molecule has 30 heavy (non-hydrogen) atoms. The van der Waals surface area contributed by atoms with Crippen LogP contribution in [0.25, 0.3) is 0 Å². The second-order valence-electron chi connectivity index (χ2n) is 7.25. The van der Waals surface area contributed by atoms with E-state index in [-0.39, 0.29) is 30.3 Å². The van der Waals surface area contributed by atoms with Crippen LogP contribution in [0.15, 0.2) is 23.3 Å². The van der Waals surface area contributed by atoms with Gasteiger partial charge in [0, 0.05) is 37.8 Å². The summed E-state index contributed by atoms with van der Waals surface area (Å²) in [5.74, 6) is -3.78. The van der Waals surface area contributed by atoms with Gasteiger partial charge >= 0.3 is 23.9 Å². The number of hydrogen-bond acceptors (Lipinski definition) is 9. The zero-order chi connectivity index (χ0) is 23.0. The highest BCUT2D eigenvalue weighted by atomic mass is 16.6. The predicted octanol–water partition coefficient (Wildman–Crippen LogP) is 1.68. The number of carbonyl (C=O) groups is 5. The van der Waals surface area contributed by atoms with Gasteiger partial charge in [-0.1, -0.05) is 13.8 Å². The van der Waals surface area contributed by atoms with Crippen molar-refractivity contribution in [2.45, 2.75) is 53.8 Å². The Morgan fingerprint density at radius 3 is 2.07 bits per heavy atom. The van der Waals surface area contributed by atoms with Gasteiger partial charge in [0.2, 0.25) is 5.78 Å². The number of hydrogen-bond donors (Lipinski definition) is 0. The van der Waals surface area contributed by atoms with Crippen molar-refractivity contribution in [2.75, 3.05) is 13.2 Å². The fourth-order valence-corrected chi connectivity index (χ4v) is 2.96. The van der Waals surface area contributed by atoms with Gasteiger partial charge in [-0.05, 0) is 25.0 Å². The Hall–Kier alpha value is -2.97. The van der Waals surface area contributed by atoms with E-state index in [0.717, 1.165) is 0 Å². The summed E-state index contributed by atoms with van der Waals surface area (Å²) in [5, 5.41) is 0. The molecule has 1 aliphatic carbocycles. The van der Waals surface area contributed by atoms with Gasteiger partial charge < -0.3 is 18.9 Å². The van der Waals surface area contributed by atoms with E-state index in [1.807, 2.05) is 13.8 Å². The molecule has 0 spiro atoms. The second-order valence-corrected chi connectivity index (χ2v) is 7.25. The average Bonchev–Trinajstić information content (AvgIpc) is 2.61. The first-order valence-corrected chi connectivity index (χ1v) is 9.50. The van der Waals surface area contributed by atoms with Crippen molar-refractivity contribution in [3.8, 4) is 0 Å². The minimum atomic E-state index is -1.24. The monoisotopic (exact) mass is 424 g/mol. The van der Waals surface area contributed by atoms with Gasteiger partial charge in [-0.2, -0.15) is 0 Å². The first-order valence-electron chi connectivity index (χ1n) is 9.50. The maximum atomic E-state index is 13.0. The number of rotatable bonds is 8. The lowest BCUT2D eigenvalue weighted by atomic mass is 9.77. The third-order valence-corrected chi connectivity index (χ3v) is 4.40. The molecule has 166 valence electrons. The SMILES string of the molecule is CC(=O)OCC=C(C)C(=O)OC1C(=O)C(COC(C)=O)=CC(OC(C)=O)C1C(C)C. The van der Waals surface area contributed by atoms with Gasteiger partial charge in [0.05, 0.1) is 0 Å². The summed E-state index contributed by atoms with van der Waals surface area (Å²) < 4.78 is 20.5. The number of ether oxygens (including phenoxy) is 4.